The second-order valence-electron chi connectivity index (χ2n) is 3.69. The van der Waals surface area contributed by atoms with Crippen molar-refractivity contribution in [2.45, 2.75) is 0 Å². The van der Waals surface area contributed by atoms with Gasteiger partial charge in [0, 0.05) is 5.39 Å². The van der Waals surface area contributed by atoms with Crippen LogP contribution in [0.15, 0.2) is 45.8 Å². The normalized spacial score (nSPS) is 11.4. The molecule has 0 aliphatic rings. The van der Waals surface area contributed by atoms with Gasteiger partial charge in [-0.05, 0) is 29.7 Å². The summed E-state index contributed by atoms with van der Waals surface area (Å²) in [6.07, 6.45) is 1.43. The maximum atomic E-state index is 10.5. The van der Waals surface area contributed by atoms with E-state index in [0.29, 0.717) is 11.6 Å². The Bertz CT molecular complexity index is 775. The first-order valence-electron chi connectivity index (χ1n) is 5.37. The minimum Gasteiger partial charge on any atom is -0.400 e. The number of aliphatic imine (C=N–C) groups is 1. The van der Waals surface area contributed by atoms with Crippen LogP contribution in [0.1, 0.15) is 5.76 Å². The molecular weight excluding hydrogens is 266 g/mol. The molecule has 0 atom stereocenters. The summed E-state index contributed by atoms with van der Waals surface area (Å²) in [4.78, 5) is 14.1. The molecule has 0 saturated heterocycles. The lowest BCUT2D eigenvalue weighted by Crippen LogP contribution is -1.83. The maximum Gasteiger partial charge on any atom is 0.433 e. The molecule has 2 aromatic heterocycles. The highest BCUT2D eigenvalue weighted by molar-refractivity contribution is 7.13. The molecule has 3 rings (SSSR count). The lowest BCUT2D eigenvalue weighted by atomic mass is 10.3. The minimum absolute atomic E-state index is 0.301. The Balaban J connectivity index is 1.91. The van der Waals surface area contributed by atoms with Crippen molar-refractivity contribution in [3.63, 3.8) is 0 Å². The Morgan fingerprint density at radius 1 is 1.32 bits per heavy atom. The average Bonchev–Trinajstić information content (AvgIpc) is 3.03. The van der Waals surface area contributed by atoms with Gasteiger partial charge in [-0.3, -0.25) is 10.1 Å². The highest BCUT2D eigenvalue weighted by Crippen LogP contribution is 2.28. The summed E-state index contributed by atoms with van der Waals surface area (Å²) in [5.74, 6) is 0.605. The van der Waals surface area contributed by atoms with Crippen LogP contribution in [-0.2, 0) is 0 Å². The van der Waals surface area contributed by atoms with E-state index in [9.17, 15) is 10.1 Å². The summed E-state index contributed by atoms with van der Waals surface area (Å²) >= 11 is 1.36. The minimum atomic E-state index is -0.588. The molecule has 7 heteroatoms. The van der Waals surface area contributed by atoms with E-state index >= 15 is 0 Å². The van der Waals surface area contributed by atoms with Gasteiger partial charge < -0.3 is 4.42 Å². The van der Waals surface area contributed by atoms with Gasteiger partial charge in [0.05, 0.1) is 17.0 Å². The van der Waals surface area contributed by atoms with Crippen molar-refractivity contribution in [2.24, 2.45) is 4.99 Å². The Kier molecular flexibility index (Phi) is 2.81. The summed E-state index contributed by atoms with van der Waals surface area (Å²) in [6, 6.07) is 10.5. The third kappa shape index (κ3) is 2.23. The smallest absolute Gasteiger partial charge is 0.400 e. The molecule has 6 nitrogen and oxygen atoms in total. The zero-order valence-electron chi connectivity index (χ0n) is 9.52. The molecule has 0 spiro atoms. The number of aromatic nitrogens is 1. The van der Waals surface area contributed by atoms with E-state index in [4.69, 9.17) is 4.42 Å². The van der Waals surface area contributed by atoms with Crippen LogP contribution >= 0.6 is 11.5 Å². The van der Waals surface area contributed by atoms with Gasteiger partial charge in [-0.2, -0.15) is 4.37 Å². The Morgan fingerprint density at radius 2 is 2.16 bits per heavy atom. The fourth-order valence-corrected chi connectivity index (χ4v) is 2.33. The van der Waals surface area contributed by atoms with Crippen molar-refractivity contribution < 1.29 is 9.34 Å². The van der Waals surface area contributed by atoms with E-state index in [1.165, 1.54) is 29.9 Å². The average molecular weight is 273 g/mol. The molecule has 0 bridgehead atoms. The molecule has 0 radical (unpaired) electrons. The first-order valence-corrected chi connectivity index (χ1v) is 6.14. The monoisotopic (exact) mass is 273 g/mol. The number of furan rings is 1. The molecule has 94 valence electrons. The van der Waals surface area contributed by atoms with Gasteiger partial charge in [-0.1, -0.05) is 12.1 Å². The van der Waals surface area contributed by atoms with Gasteiger partial charge in [0.15, 0.2) is 11.6 Å². The number of benzene rings is 1. The fraction of sp³-hybridized carbons (Fsp3) is 0. The largest absolute Gasteiger partial charge is 0.433 e. The fourth-order valence-electron chi connectivity index (χ4n) is 1.60. The Labute approximate surface area is 111 Å². The van der Waals surface area contributed by atoms with Gasteiger partial charge in [-0.25, -0.2) is 4.99 Å². The quantitative estimate of drug-likeness (QED) is 0.415. The molecule has 19 heavy (non-hydrogen) atoms. The van der Waals surface area contributed by atoms with E-state index in [-0.39, 0.29) is 5.88 Å². The molecule has 2 heterocycles. The summed E-state index contributed by atoms with van der Waals surface area (Å²) < 4.78 is 10.2. The Morgan fingerprint density at radius 3 is 2.95 bits per heavy atom. The van der Waals surface area contributed by atoms with Crippen molar-refractivity contribution >= 4 is 39.5 Å². The van der Waals surface area contributed by atoms with Crippen LogP contribution in [0.25, 0.3) is 10.1 Å². The van der Waals surface area contributed by atoms with Crippen molar-refractivity contribution in [1.29, 1.82) is 0 Å². The molecule has 0 unspecified atom stereocenters. The van der Waals surface area contributed by atoms with Crippen LogP contribution in [0.4, 0.5) is 11.7 Å². The lowest BCUT2D eigenvalue weighted by Gasteiger charge is -1.88. The first-order chi connectivity index (χ1) is 9.24. The molecule has 3 aromatic rings. The van der Waals surface area contributed by atoms with E-state index in [0.717, 1.165) is 10.1 Å². The van der Waals surface area contributed by atoms with Crippen molar-refractivity contribution in [2.75, 3.05) is 0 Å². The van der Waals surface area contributed by atoms with E-state index in [1.807, 2.05) is 24.3 Å². The second-order valence-corrected chi connectivity index (χ2v) is 4.50. The van der Waals surface area contributed by atoms with E-state index < -0.39 is 4.92 Å². The molecule has 0 fully saturated rings. The lowest BCUT2D eigenvalue weighted by molar-refractivity contribution is -0.402. The van der Waals surface area contributed by atoms with E-state index in [1.54, 1.807) is 0 Å². The van der Waals surface area contributed by atoms with Crippen molar-refractivity contribution in [3.05, 3.63) is 52.3 Å². The van der Waals surface area contributed by atoms with Gasteiger partial charge in [0.2, 0.25) is 0 Å². The van der Waals surface area contributed by atoms with Crippen LogP contribution < -0.4 is 0 Å². The van der Waals surface area contributed by atoms with Gasteiger partial charge >= 0.3 is 5.88 Å². The SMILES string of the molecule is O=[N+]([O-])c1ccc(C=Nc2nsc3ccccc23)o1. The van der Waals surface area contributed by atoms with Gasteiger partial charge in [0.25, 0.3) is 0 Å². The number of rotatable bonds is 3. The predicted molar refractivity (Wildman–Crippen MR) is 72.2 cm³/mol. The van der Waals surface area contributed by atoms with Gasteiger partial charge in [-0.15, -0.1) is 0 Å². The van der Waals surface area contributed by atoms with Gasteiger partial charge in [0.1, 0.15) is 4.92 Å². The highest BCUT2D eigenvalue weighted by Gasteiger charge is 2.10. The standard InChI is InChI=1S/C12H7N3O3S/c16-15(17)11-6-5-8(18-11)7-13-12-9-3-1-2-4-10(9)19-14-12/h1-7H. The summed E-state index contributed by atoms with van der Waals surface area (Å²) in [5, 5.41) is 11.4. The second kappa shape index (κ2) is 4.62. The summed E-state index contributed by atoms with van der Waals surface area (Å²) in [7, 11) is 0. The highest BCUT2D eigenvalue weighted by atomic mass is 32.1. The number of nitro groups is 1. The first kappa shape index (κ1) is 11.5. The molecule has 0 aliphatic heterocycles. The summed E-state index contributed by atoms with van der Waals surface area (Å²) in [6.45, 7) is 0. The molecule has 0 amide bonds. The molecule has 0 N–H and O–H groups in total. The number of hydrogen-bond donors (Lipinski definition) is 0. The molecular formula is C12H7N3O3S. The van der Waals surface area contributed by atoms with Crippen molar-refractivity contribution in [1.82, 2.24) is 4.37 Å². The topological polar surface area (TPSA) is 81.5 Å². The predicted octanol–water partition coefficient (Wildman–Crippen LogP) is 3.55. The Hall–Kier alpha value is -2.54. The number of nitrogens with zero attached hydrogens (tertiary/aromatic N) is 3. The molecule has 0 aliphatic carbocycles. The third-order valence-electron chi connectivity index (χ3n) is 2.47. The van der Waals surface area contributed by atoms with Crippen LogP contribution in [-0.4, -0.2) is 15.5 Å². The van der Waals surface area contributed by atoms with Crippen LogP contribution in [0.3, 0.4) is 0 Å². The summed E-state index contributed by atoms with van der Waals surface area (Å²) in [5.41, 5.74) is 0. The van der Waals surface area contributed by atoms with Crippen molar-refractivity contribution in [3.8, 4) is 0 Å². The van der Waals surface area contributed by atoms with Crippen LogP contribution in [0, 0.1) is 10.1 Å². The third-order valence-corrected chi connectivity index (χ3v) is 3.28. The number of hydrogen-bond acceptors (Lipinski definition) is 6. The maximum absolute atomic E-state index is 10.5. The zero-order valence-corrected chi connectivity index (χ0v) is 10.3. The zero-order chi connectivity index (χ0) is 13.2. The molecule has 0 saturated carbocycles. The van der Waals surface area contributed by atoms with Crippen LogP contribution in [0.2, 0.25) is 0 Å². The van der Waals surface area contributed by atoms with Crippen LogP contribution in [0.5, 0.6) is 0 Å². The molecule has 1 aromatic carbocycles. The van der Waals surface area contributed by atoms with E-state index in [2.05, 4.69) is 9.37 Å². The number of fused-ring (bicyclic) bond motifs is 1.